The Morgan fingerprint density at radius 3 is 1.94 bits per heavy atom. The average Bonchev–Trinajstić information content (AvgIpc) is 2.26. The smallest absolute Gasteiger partial charge is 0.156 e. The zero-order chi connectivity index (χ0) is 14.4. The first-order valence-electron chi connectivity index (χ1n) is 6.71. The Morgan fingerprint density at radius 1 is 1.11 bits per heavy atom. The second kappa shape index (κ2) is 7.85. The van der Waals surface area contributed by atoms with Gasteiger partial charge in [-0.25, -0.2) is 8.42 Å². The van der Waals surface area contributed by atoms with Crippen molar-refractivity contribution in [2.24, 2.45) is 0 Å². The molecular formula is C13H28BrNO2S. The maximum Gasteiger partial charge on any atom is 0.156 e. The van der Waals surface area contributed by atoms with Gasteiger partial charge in [-0.05, 0) is 33.6 Å². The molecule has 0 aromatic rings. The van der Waals surface area contributed by atoms with Crippen LogP contribution in [0.15, 0.2) is 0 Å². The van der Waals surface area contributed by atoms with Crippen molar-refractivity contribution in [2.75, 3.05) is 24.2 Å². The Kier molecular flexibility index (Phi) is 8.02. The summed E-state index contributed by atoms with van der Waals surface area (Å²) in [5.74, 6) is 0.250. The molecule has 0 bridgehead atoms. The summed E-state index contributed by atoms with van der Waals surface area (Å²) in [4.78, 5) is 2.29. The van der Waals surface area contributed by atoms with E-state index in [2.05, 4.69) is 34.7 Å². The summed E-state index contributed by atoms with van der Waals surface area (Å²) in [6.45, 7) is 11.2. The van der Waals surface area contributed by atoms with E-state index in [4.69, 9.17) is 0 Å². The molecule has 0 heterocycles. The lowest BCUT2D eigenvalue weighted by Crippen LogP contribution is -2.42. The number of sulfone groups is 1. The van der Waals surface area contributed by atoms with E-state index in [-0.39, 0.29) is 5.75 Å². The molecule has 0 saturated heterocycles. The fourth-order valence-corrected chi connectivity index (χ4v) is 3.48. The van der Waals surface area contributed by atoms with Gasteiger partial charge in [-0.15, -0.1) is 0 Å². The molecule has 3 nitrogen and oxygen atoms in total. The van der Waals surface area contributed by atoms with Crippen LogP contribution >= 0.6 is 15.9 Å². The molecule has 0 rings (SSSR count). The molecule has 0 aromatic heterocycles. The lowest BCUT2D eigenvalue weighted by atomic mass is 10.1. The quantitative estimate of drug-likeness (QED) is 0.636. The fraction of sp³-hybridized carbons (Fsp3) is 1.00. The maximum absolute atomic E-state index is 12.1. The van der Waals surface area contributed by atoms with Gasteiger partial charge in [-0.2, -0.15) is 0 Å². The third-order valence-electron chi connectivity index (χ3n) is 3.41. The molecule has 0 fully saturated rings. The van der Waals surface area contributed by atoms with Gasteiger partial charge >= 0.3 is 0 Å². The third kappa shape index (κ3) is 5.57. The second-order valence-corrected chi connectivity index (χ2v) is 9.28. The first-order chi connectivity index (χ1) is 8.19. The van der Waals surface area contributed by atoms with Crippen LogP contribution in [0.5, 0.6) is 0 Å². The second-order valence-electron chi connectivity index (χ2n) is 5.63. The van der Waals surface area contributed by atoms with Crippen molar-refractivity contribution in [1.82, 2.24) is 4.90 Å². The monoisotopic (exact) mass is 341 g/mol. The summed E-state index contributed by atoms with van der Waals surface area (Å²) in [5.41, 5.74) is 0. The first-order valence-corrected chi connectivity index (χ1v) is 9.49. The van der Waals surface area contributed by atoms with Crippen molar-refractivity contribution in [3.63, 3.8) is 0 Å². The van der Waals surface area contributed by atoms with Gasteiger partial charge in [0.15, 0.2) is 9.84 Å². The lowest BCUT2D eigenvalue weighted by Gasteiger charge is -2.31. The summed E-state index contributed by atoms with van der Waals surface area (Å²) >= 11 is 3.45. The van der Waals surface area contributed by atoms with Gasteiger partial charge in [0.1, 0.15) is 0 Å². The summed E-state index contributed by atoms with van der Waals surface area (Å²) < 4.78 is 23.6. The van der Waals surface area contributed by atoms with Gasteiger partial charge in [-0.3, -0.25) is 4.90 Å². The van der Waals surface area contributed by atoms with Gasteiger partial charge < -0.3 is 0 Å². The number of hydrogen-bond donors (Lipinski definition) is 0. The van der Waals surface area contributed by atoms with Crippen LogP contribution in [0.25, 0.3) is 0 Å². The predicted octanol–water partition coefficient (Wildman–Crippen LogP) is 3.09. The van der Waals surface area contributed by atoms with Crippen LogP contribution < -0.4 is 0 Å². The Hall–Kier alpha value is 0.390. The minimum Gasteiger partial charge on any atom is -0.299 e. The molecule has 0 saturated carbocycles. The Balaban J connectivity index is 4.63. The van der Waals surface area contributed by atoms with Crippen LogP contribution in [0.1, 0.15) is 47.5 Å². The number of rotatable bonds is 8. The van der Waals surface area contributed by atoms with Gasteiger partial charge in [-0.1, -0.05) is 29.8 Å². The topological polar surface area (TPSA) is 37.4 Å². The number of nitrogens with zero attached hydrogens (tertiary/aromatic N) is 1. The summed E-state index contributed by atoms with van der Waals surface area (Å²) in [5, 5.41) is 0.888. The van der Waals surface area contributed by atoms with Crippen LogP contribution in [0.2, 0.25) is 0 Å². The first kappa shape index (κ1) is 18.4. The highest BCUT2D eigenvalue weighted by Gasteiger charge is 2.29. The van der Waals surface area contributed by atoms with E-state index in [1.165, 1.54) is 0 Å². The van der Waals surface area contributed by atoms with Crippen molar-refractivity contribution >= 4 is 25.8 Å². The summed E-state index contributed by atoms with van der Waals surface area (Å²) in [6.07, 6.45) is 2.14. The number of halogens is 1. The van der Waals surface area contributed by atoms with Gasteiger partial charge in [0, 0.05) is 24.5 Å². The molecule has 18 heavy (non-hydrogen) atoms. The molecular weight excluding hydrogens is 314 g/mol. The minimum atomic E-state index is -3.02. The molecule has 0 N–H and O–H groups in total. The van der Waals surface area contributed by atoms with Crippen molar-refractivity contribution in [2.45, 2.75) is 58.2 Å². The largest absolute Gasteiger partial charge is 0.299 e. The molecule has 0 aliphatic heterocycles. The molecule has 0 radical (unpaired) electrons. The number of alkyl halides is 1. The molecule has 0 atom stereocenters. The molecule has 0 unspecified atom stereocenters. The third-order valence-corrected chi connectivity index (χ3v) is 6.35. The van der Waals surface area contributed by atoms with Crippen molar-refractivity contribution in [3.8, 4) is 0 Å². The van der Waals surface area contributed by atoms with E-state index < -0.39 is 14.6 Å². The van der Waals surface area contributed by atoms with Crippen molar-refractivity contribution in [3.05, 3.63) is 0 Å². The van der Waals surface area contributed by atoms with Crippen LogP contribution in [0.4, 0.5) is 0 Å². The van der Waals surface area contributed by atoms with Gasteiger partial charge in [0.25, 0.3) is 0 Å². The van der Waals surface area contributed by atoms with Gasteiger partial charge in [0.2, 0.25) is 0 Å². The van der Waals surface area contributed by atoms with Crippen molar-refractivity contribution < 1.29 is 8.42 Å². The molecule has 0 aliphatic rings. The lowest BCUT2D eigenvalue weighted by molar-refractivity contribution is 0.209. The highest BCUT2D eigenvalue weighted by atomic mass is 79.9. The minimum absolute atomic E-state index is 0.250. The van der Waals surface area contributed by atoms with E-state index in [0.29, 0.717) is 12.6 Å². The van der Waals surface area contributed by atoms with Crippen LogP contribution in [0, 0.1) is 0 Å². The highest BCUT2D eigenvalue weighted by Crippen LogP contribution is 2.17. The Bertz CT molecular complexity index is 318. The SMILES string of the molecule is CCC(CC)N(CCBr)CCS(=O)(=O)C(C)(C)C. The van der Waals surface area contributed by atoms with Gasteiger partial charge in [0.05, 0.1) is 10.5 Å². The molecule has 110 valence electrons. The van der Waals surface area contributed by atoms with Crippen LogP contribution in [0.3, 0.4) is 0 Å². The predicted molar refractivity (Wildman–Crippen MR) is 83.3 cm³/mol. The van der Waals surface area contributed by atoms with Crippen molar-refractivity contribution in [1.29, 1.82) is 0 Å². The summed E-state index contributed by atoms with van der Waals surface area (Å²) in [7, 11) is -3.02. The standard InChI is InChI=1S/C13H28BrNO2S/c1-6-12(7-2)15(9-8-14)10-11-18(16,17)13(3,4)5/h12H,6-11H2,1-5H3. The van der Waals surface area contributed by atoms with Crippen LogP contribution in [-0.4, -0.2) is 48.3 Å². The molecule has 0 amide bonds. The fourth-order valence-electron chi connectivity index (χ4n) is 1.93. The normalized spacial score (nSPS) is 13.6. The van der Waals surface area contributed by atoms with E-state index in [9.17, 15) is 8.42 Å². The molecule has 0 aromatic carbocycles. The van der Waals surface area contributed by atoms with Crippen LogP contribution in [-0.2, 0) is 9.84 Å². The van der Waals surface area contributed by atoms with E-state index in [1.807, 2.05) is 0 Å². The maximum atomic E-state index is 12.1. The molecule has 5 heteroatoms. The zero-order valence-corrected chi connectivity index (χ0v) is 14.8. The Labute approximate surface area is 121 Å². The van der Waals surface area contributed by atoms with E-state index in [0.717, 1.165) is 24.7 Å². The average molecular weight is 342 g/mol. The zero-order valence-electron chi connectivity index (χ0n) is 12.4. The van der Waals surface area contributed by atoms with E-state index >= 15 is 0 Å². The Morgan fingerprint density at radius 2 is 1.61 bits per heavy atom. The summed E-state index contributed by atoms with van der Waals surface area (Å²) in [6, 6.07) is 0.484. The molecule has 0 aliphatic carbocycles. The van der Waals surface area contributed by atoms with E-state index in [1.54, 1.807) is 20.8 Å². The molecule has 0 spiro atoms. The number of hydrogen-bond acceptors (Lipinski definition) is 3. The highest BCUT2D eigenvalue weighted by molar-refractivity contribution is 9.09.